The number of anilines is 3. The number of hydrogen-bond donors (Lipinski definition) is 3. The molecular formula is C21H16BrClFN7O2S2. The van der Waals surface area contributed by atoms with Crippen molar-refractivity contribution in [3.05, 3.63) is 88.0 Å². The van der Waals surface area contributed by atoms with Gasteiger partial charge >= 0.3 is 0 Å². The van der Waals surface area contributed by atoms with Gasteiger partial charge in [0.15, 0.2) is 10.9 Å². The van der Waals surface area contributed by atoms with Crippen LogP contribution in [0.2, 0.25) is 5.02 Å². The second-order valence-electron chi connectivity index (χ2n) is 7.00. The highest BCUT2D eigenvalue weighted by Crippen LogP contribution is 2.24. The molecule has 2 heterocycles. The molecule has 0 aliphatic heterocycles. The maximum atomic E-state index is 14.1. The highest BCUT2D eigenvalue weighted by Gasteiger charge is 2.16. The molecule has 0 amide bonds. The lowest BCUT2D eigenvalue weighted by atomic mass is 10.2. The summed E-state index contributed by atoms with van der Waals surface area (Å²) in [5.74, 6) is -0.0450. The normalized spacial score (nSPS) is 11.2. The topological polar surface area (TPSA) is 114 Å². The molecule has 14 heteroatoms. The first-order valence-electron chi connectivity index (χ1n) is 9.85. The third-order valence-corrected chi connectivity index (χ3v) is 7.03. The molecule has 2 aromatic heterocycles. The molecule has 9 nitrogen and oxygen atoms in total. The Labute approximate surface area is 218 Å². The van der Waals surface area contributed by atoms with E-state index in [1.54, 1.807) is 30.5 Å². The summed E-state index contributed by atoms with van der Waals surface area (Å²) in [4.78, 5) is 7.73. The fourth-order valence-corrected chi connectivity index (χ4v) is 4.74. The third-order valence-electron chi connectivity index (χ3n) is 4.54. The van der Waals surface area contributed by atoms with Crippen LogP contribution in [0.1, 0.15) is 5.56 Å². The molecule has 0 saturated carbocycles. The highest BCUT2D eigenvalue weighted by atomic mass is 79.9. The van der Waals surface area contributed by atoms with Crippen LogP contribution in [-0.4, -0.2) is 33.3 Å². The lowest BCUT2D eigenvalue weighted by Crippen LogP contribution is -2.20. The lowest BCUT2D eigenvalue weighted by Gasteiger charge is -2.10. The summed E-state index contributed by atoms with van der Waals surface area (Å²) in [6.07, 6.45) is 4.53. The standard InChI is InChI=1S/C21H16BrClFN7O2S2/c22-16-12-31(11-15-17(23)3-1-4-18(15)24)29-19(16)28-21(34)27-13-5-7-14(8-6-13)35(32,33)30-20-25-9-2-10-26-20/h1-10,12H,11H2,(H,25,26,30)(H2,27,28,29,34). The summed E-state index contributed by atoms with van der Waals surface area (Å²) in [6, 6.07) is 12.0. The van der Waals surface area contributed by atoms with E-state index in [9.17, 15) is 12.8 Å². The molecule has 0 radical (unpaired) electrons. The Morgan fingerprint density at radius 2 is 1.80 bits per heavy atom. The van der Waals surface area contributed by atoms with Crippen LogP contribution >= 0.6 is 39.7 Å². The summed E-state index contributed by atoms with van der Waals surface area (Å²) in [5.41, 5.74) is 0.867. The van der Waals surface area contributed by atoms with E-state index in [1.165, 1.54) is 41.3 Å². The second-order valence-corrected chi connectivity index (χ2v) is 10.4. The van der Waals surface area contributed by atoms with Crippen molar-refractivity contribution < 1.29 is 12.8 Å². The van der Waals surface area contributed by atoms with Crippen LogP contribution in [-0.2, 0) is 16.6 Å². The molecule has 0 unspecified atom stereocenters. The molecular weight excluding hydrogens is 581 g/mol. The number of nitrogens with one attached hydrogen (secondary N) is 3. The van der Waals surface area contributed by atoms with Crippen molar-refractivity contribution in [1.82, 2.24) is 19.7 Å². The maximum absolute atomic E-state index is 14.1. The number of rotatable bonds is 7. The van der Waals surface area contributed by atoms with Gasteiger partial charge in [0.1, 0.15) is 5.82 Å². The molecule has 180 valence electrons. The number of thiocarbonyl (C=S) groups is 1. The molecule has 0 aliphatic rings. The minimum absolute atomic E-state index is 0.0256. The van der Waals surface area contributed by atoms with Gasteiger partial charge < -0.3 is 10.6 Å². The molecule has 0 saturated heterocycles. The van der Waals surface area contributed by atoms with Crippen LogP contribution in [0.15, 0.2) is 76.5 Å². The quantitative estimate of drug-likeness (QED) is 0.259. The van der Waals surface area contributed by atoms with Crippen molar-refractivity contribution in [1.29, 1.82) is 0 Å². The van der Waals surface area contributed by atoms with Gasteiger partial charge in [0.2, 0.25) is 5.95 Å². The van der Waals surface area contributed by atoms with Crippen LogP contribution in [0, 0.1) is 5.82 Å². The van der Waals surface area contributed by atoms with Crippen molar-refractivity contribution in [2.75, 3.05) is 15.4 Å². The van der Waals surface area contributed by atoms with E-state index in [-0.39, 0.29) is 22.5 Å². The first-order chi connectivity index (χ1) is 16.7. The monoisotopic (exact) mass is 595 g/mol. The van der Waals surface area contributed by atoms with Crippen molar-refractivity contribution in [3.63, 3.8) is 0 Å². The minimum Gasteiger partial charge on any atom is -0.332 e. The molecule has 2 aromatic carbocycles. The third kappa shape index (κ3) is 6.31. The van der Waals surface area contributed by atoms with Crippen LogP contribution in [0.25, 0.3) is 0 Å². The molecule has 0 atom stereocenters. The average molecular weight is 597 g/mol. The first kappa shape index (κ1) is 25.0. The Morgan fingerprint density at radius 3 is 2.49 bits per heavy atom. The highest BCUT2D eigenvalue weighted by molar-refractivity contribution is 9.10. The summed E-state index contributed by atoms with van der Waals surface area (Å²) < 4.78 is 43.5. The number of hydrogen-bond acceptors (Lipinski definition) is 6. The van der Waals surface area contributed by atoms with Crippen molar-refractivity contribution >= 4 is 72.3 Å². The van der Waals surface area contributed by atoms with Gasteiger partial charge in [-0.1, -0.05) is 17.7 Å². The Kier molecular flexibility index (Phi) is 7.60. The van der Waals surface area contributed by atoms with E-state index in [1.807, 2.05) is 0 Å². The van der Waals surface area contributed by atoms with Crippen LogP contribution in [0.4, 0.5) is 21.8 Å². The molecule has 4 rings (SSSR count). The number of halogens is 3. The van der Waals surface area contributed by atoms with Gasteiger partial charge in [-0.05, 0) is 70.6 Å². The molecule has 0 aliphatic carbocycles. The Bertz CT molecular complexity index is 1450. The van der Waals surface area contributed by atoms with Crippen LogP contribution in [0.5, 0.6) is 0 Å². The fraction of sp³-hybridized carbons (Fsp3) is 0.0476. The predicted octanol–water partition coefficient (Wildman–Crippen LogP) is 4.89. The number of sulfonamides is 1. The zero-order valence-corrected chi connectivity index (χ0v) is 21.6. The Hall–Kier alpha value is -3.13. The average Bonchev–Trinajstić information content (AvgIpc) is 3.15. The van der Waals surface area contributed by atoms with Crippen molar-refractivity contribution in [2.24, 2.45) is 0 Å². The molecule has 0 fully saturated rings. The van der Waals surface area contributed by atoms with Crippen molar-refractivity contribution in [2.45, 2.75) is 11.4 Å². The molecule has 4 aromatic rings. The maximum Gasteiger partial charge on any atom is 0.264 e. The largest absolute Gasteiger partial charge is 0.332 e. The molecule has 0 bridgehead atoms. The number of benzene rings is 2. The summed E-state index contributed by atoms with van der Waals surface area (Å²) in [5, 5.41) is 10.8. The summed E-state index contributed by atoms with van der Waals surface area (Å²) >= 11 is 14.8. The van der Waals surface area contributed by atoms with Gasteiger partial charge in [-0.2, -0.15) is 5.10 Å². The van der Waals surface area contributed by atoms with Gasteiger partial charge in [0.25, 0.3) is 10.0 Å². The number of nitrogens with zero attached hydrogens (tertiary/aromatic N) is 4. The fourth-order valence-electron chi connectivity index (χ4n) is 2.93. The van der Waals surface area contributed by atoms with E-state index >= 15 is 0 Å². The van der Waals surface area contributed by atoms with E-state index in [0.29, 0.717) is 26.6 Å². The summed E-state index contributed by atoms with van der Waals surface area (Å²) in [7, 11) is -3.85. The van der Waals surface area contributed by atoms with Crippen LogP contribution in [0.3, 0.4) is 0 Å². The van der Waals surface area contributed by atoms with Gasteiger partial charge in [-0.15, -0.1) is 0 Å². The second kappa shape index (κ2) is 10.6. The van der Waals surface area contributed by atoms with Crippen LogP contribution < -0.4 is 15.4 Å². The molecule has 0 spiro atoms. The van der Waals surface area contributed by atoms with Gasteiger partial charge in [-0.3, -0.25) is 4.68 Å². The Morgan fingerprint density at radius 1 is 1.09 bits per heavy atom. The number of aromatic nitrogens is 4. The van der Waals surface area contributed by atoms with Gasteiger partial charge in [0.05, 0.1) is 15.9 Å². The first-order valence-corrected chi connectivity index (χ1v) is 12.9. The molecule has 35 heavy (non-hydrogen) atoms. The van der Waals surface area contributed by atoms with Crippen molar-refractivity contribution in [3.8, 4) is 0 Å². The van der Waals surface area contributed by atoms with E-state index < -0.39 is 15.8 Å². The summed E-state index contributed by atoms with van der Waals surface area (Å²) in [6.45, 7) is 0.129. The lowest BCUT2D eigenvalue weighted by molar-refractivity contribution is 0.586. The zero-order valence-electron chi connectivity index (χ0n) is 17.6. The van der Waals surface area contributed by atoms with E-state index in [2.05, 4.69) is 46.4 Å². The minimum atomic E-state index is -3.85. The molecule has 3 N–H and O–H groups in total. The predicted molar refractivity (Wildman–Crippen MR) is 140 cm³/mol. The van der Waals surface area contributed by atoms with Gasteiger partial charge in [0, 0.05) is 34.9 Å². The zero-order chi connectivity index (χ0) is 25.0. The smallest absolute Gasteiger partial charge is 0.264 e. The van der Waals surface area contributed by atoms with E-state index in [0.717, 1.165) is 0 Å². The van der Waals surface area contributed by atoms with E-state index in [4.69, 9.17) is 23.8 Å². The Balaban J connectivity index is 1.39. The SMILES string of the molecule is O=S(=O)(Nc1ncccn1)c1ccc(NC(=S)Nc2nn(Cc3c(F)cccc3Cl)cc2Br)cc1. The van der Waals surface area contributed by atoms with Gasteiger partial charge in [-0.25, -0.2) is 27.5 Å².